The van der Waals surface area contributed by atoms with Crippen molar-refractivity contribution in [1.29, 1.82) is 0 Å². The number of nitrogens with two attached hydrogens (primary N) is 1. The van der Waals surface area contributed by atoms with Gasteiger partial charge in [0.1, 0.15) is 5.82 Å². The number of nitrogens with one attached hydrogen (secondary N) is 2. The van der Waals surface area contributed by atoms with Gasteiger partial charge in [0.2, 0.25) is 0 Å². The summed E-state index contributed by atoms with van der Waals surface area (Å²) < 4.78 is 0. The summed E-state index contributed by atoms with van der Waals surface area (Å²) in [5.74, 6) is -0.0929. The normalized spacial score (nSPS) is 14.8. The SMILES string of the molecule is CN1CCN(c2cc(C(C)(C)C)ccc2-c2ccc(C(N)=O)c(Nc3ccc4cn[nH]c4c3)n2)CC1. The number of benzene rings is 2. The molecule has 1 saturated heterocycles. The number of H-pyrrole nitrogens is 1. The molecule has 5 rings (SSSR count). The standard InChI is InChI=1S/C28H33N7O/c1-28(2,3)19-6-8-21(25(15-19)35-13-11-34(4)12-14-35)23-10-9-22(26(29)36)27(32-23)31-20-7-5-18-17-30-33-24(18)16-20/h5-10,15-17H,11-14H2,1-4H3,(H2,29,36)(H,30,33)(H,31,32). The maximum atomic E-state index is 12.2. The Morgan fingerprint density at radius 2 is 1.81 bits per heavy atom. The van der Waals surface area contributed by atoms with Gasteiger partial charge in [-0.15, -0.1) is 0 Å². The van der Waals surface area contributed by atoms with Gasteiger partial charge in [0.15, 0.2) is 0 Å². The number of aromatic amines is 1. The lowest BCUT2D eigenvalue weighted by molar-refractivity contribution is 0.100. The molecule has 3 heterocycles. The molecule has 1 aliphatic rings. The first-order chi connectivity index (χ1) is 17.2. The number of fused-ring (bicyclic) bond motifs is 1. The molecule has 1 fully saturated rings. The van der Waals surface area contributed by atoms with Crippen molar-refractivity contribution in [2.75, 3.05) is 43.4 Å². The third-order valence-electron chi connectivity index (χ3n) is 6.85. The third kappa shape index (κ3) is 4.77. The van der Waals surface area contributed by atoms with Crippen molar-refractivity contribution < 1.29 is 4.79 Å². The number of hydrogen-bond donors (Lipinski definition) is 3. The molecule has 0 spiro atoms. The van der Waals surface area contributed by atoms with Gasteiger partial charge >= 0.3 is 0 Å². The van der Waals surface area contributed by atoms with Gasteiger partial charge in [-0.25, -0.2) is 4.98 Å². The maximum absolute atomic E-state index is 12.2. The first kappa shape index (κ1) is 23.8. The number of pyridine rings is 1. The average Bonchev–Trinajstić information content (AvgIpc) is 3.31. The van der Waals surface area contributed by atoms with E-state index in [1.165, 1.54) is 11.3 Å². The van der Waals surface area contributed by atoms with Crippen LogP contribution in [-0.2, 0) is 5.41 Å². The minimum atomic E-state index is -0.526. The van der Waals surface area contributed by atoms with Gasteiger partial charge in [0.05, 0.1) is 23.0 Å². The number of anilines is 3. The Kier molecular flexibility index (Phi) is 6.14. The summed E-state index contributed by atoms with van der Waals surface area (Å²) >= 11 is 0. The average molecular weight is 484 g/mol. The molecule has 1 amide bonds. The number of hydrogen-bond acceptors (Lipinski definition) is 6. The van der Waals surface area contributed by atoms with Gasteiger partial charge in [0.25, 0.3) is 5.91 Å². The topological polar surface area (TPSA) is 103 Å². The van der Waals surface area contributed by atoms with Crippen LogP contribution in [0.3, 0.4) is 0 Å². The zero-order valence-corrected chi connectivity index (χ0v) is 21.3. The van der Waals surface area contributed by atoms with Crippen molar-refractivity contribution in [3.63, 3.8) is 0 Å². The number of likely N-dealkylation sites (N-methyl/N-ethyl adjacent to an activating group) is 1. The van der Waals surface area contributed by atoms with E-state index in [9.17, 15) is 4.79 Å². The lowest BCUT2D eigenvalue weighted by Gasteiger charge is -2.36. The highest BCUT2D eigenvalue weighted by Crippen LogP contribution is 2.36. The van der Waals surface area contributed by atoms with E-state index in [4.69, 9.17) is 10.7 Å². The van der Waals surface area contributed by atoms with E-state index in [0.717, 1.165) is 54.0 Å². The molecule has 8 nitrogen and oxygen atoms in total. The molecule has 0 saturated carbocycles. The summed E-state index contributed by atoms with van der Waals surface area (Å²) in [5.41, 5.74) is 12.0. The molecule has 36 heavy (non-hydrogen) atoms. The number of nitrogens with zero attached hydrogens (tertiary/aromatic N) is 4. The number of primary amides is 1. The van der Waals surface area contributed by atoms with Crippen molar-refractivity contribution in [2.45, 2.75) is 26.2 Å². The minimum absolute atomic E-state index is 0.0289. The molecule has 186 valence electrons. The fourth-order valence-electron chi connectivity index (χ4n) is 4.58. The molecule has 0 atom stereocenters. The Hall–Kier alpha value is -3.91. The Labute approximate surface area is 211 Å². The summed E-state index contributed by atoms with van der Waals surface area (Å²) in [4.78, 5) is 21.9. The molecule has 0 bridgehead atoms. The van der Waals surface area contributed by atoms with Crippen LogP contribution in [0.25, 0.3) is 22.2 Å². The summed E-state index contributed by atoms with van der Waals surface area (Å²) in [5, 5.41) is 11.4. The molecule has 0 unspecified atom stereocenters. The second kappa shape index (κ2) is 9.28. The van der Waals surface area contributed by atoms with Crippen molar-refractivity contribution in [2.24, 2.45) is 5.73 Å². The van der Waals surface area contributed by atoms with Gasteiger partial charge in [-0.2, -0.15) is 5.10 Å². The Balaban J connectivity index is 1.58. The van der Waals surface area contributed by atoms with E-state index in [-0.39, 0.29) is 5.41 Å². The fraction of sp³-hybridized carbons (Fsp3) is 0.321. The van der Waals surface area contributed by atoms with Gasteiger partial charge in [-0.05, 0) is 54.4 Å². The van der Waals surface area contributed by atoms with Crippen LogP contribution in [0.5, 0.6) is 0 Å². The first-order valence-electron chi connectivity index (χ1n) is 12.3. The minimum Gasteiger partial charge on any atom is -0.368 e. The van der Waals surface area contributed by atoms with Gasteiger partial charge in [0, 0.05) is 48.5 Å². The summed E-state index contributed by atoms with van der Waals surface area (Å²) in [6, 6.07) is 16.1. The molecule has 0 aliphatic carbocycles. The number of carbonyl (C=O) groups is 1. The van der Waals surface area contributed by atoms with Crippen molar-refractivity contribution in [3.05, 3.63) is 65.9 Å². The second-order valence-corrected chi connectivity index (χ2v) is 10.5. The Bertz CT molecular complexity index is 1410. The van der Waals surface area contributed by atoms with Gasteiger partial charge < -0.3 is 20.9 Å². The van der Waals surface area contributed by atoms with E-state index < -0.39 is 5.91 Å². The smallest absolute Gasteiger partial charge is 0.252 e. The fourth-order valence-corrected chi connectivity index (χ4v) is 4.58. The predicted molar refractivity (Wildman–Crippen MR) is 146 cm³/mol. The summed E-state index contributed by atoms with van der Waals surface area (Å²) in [6.45, 7) is 10.6. The molecule has 4 N–H and O–H groups in total. The van der Waals surface area contributed by atoms with Crippen LogP contribution >= 0.6 is 0 Å². The number of rotatable bonds is 5. The lowest BCUT2D eigenvalue weighted by atomic mass is 9.85. The Morgan fingerprint density at radius 3 is 2.53 bits per heavy atom. The highest BCUT2D eigenvalue weighted by Gasteiger charge is 2.23. The third-order valence-corrected chi connectivity index (χ3v) is 6.85. The highest BCUT2D eigenvalue weighted by atomic mass is 16.1. The van der Waals surface area contributed by atoms with Crippen LogP contribution in [-0.4, -0.2) is 59.2 Å². The van der Waals surface area contributed by atoms with Gasteiger partial charge in [-0.1, -0.05) is 32.9 Å². The molecule has 2 aromatic carbocycles. The number of carbonyl (C=O) groups excluding carboxylic acids is 1. The molecule has 4 aromatic rings. The molecule has 8 heteroatoms. The number of piperazine rings is 1. The monoisotopic (exact) mass is 483 g/mol. The second-order valence-electron chi connectivity index (χ2n) is 10.5. The molecule has 2 aromatic heterocycles. The molecular weight excluding hydrogens is 450 g/mol. The highest BCUT2D eigenvalue weighted by molar-refractivity contribution is 5.99. The number of amides is 1. The zero-order chi connectivity index (χ0) is 25.4. The Morgan fingerprint density at radius 1 is 1.03 bits per heavy atom. The van der Waals surface area contributed by atoms with Crippen molar-refractivity contribution in [3.8, 4) is 11.3 Å². The van der Waals surface area contributed by atoms with Gasteiger partial charge in [-0.3, -0.25) is 9.89 Å². The van der Waals surface area contributed by atoms with E-state index in [1.54, 1.807) is 12.3 Å². The van der Waals surface area contributed by atoms with Crippen LogP contribution in [0.15, 0.2) is 54.7 Å². The maximum Gasteiger partial charge on any atom is 0.252 e. The van der Waals surface area contributed by atoms with Crippen molar-refractivity contribution in [1.82, 2.24) is 20.1 Å². The van der Waals surface area contributed by atoms with E-state index >= 15 is 0 Å². The van der Waals surface area contributed by atoms with E-state index in [2.05, 4.69) is 71.3 Å². The van der Waals surface area contributed by atoms with Crippen LogP contribution < -0.4 is 16.0 Å². The molecule has 1 aliphatic heterocycles. The van der Waals surface area contributed by atoms with Crippen LogP contribution in [0.4, 0.5) is 17.2 Å². The number of aromatic nitrogens is 3. The van der Waals surface area contributed by atoms with E-state index in [1.807, 2.05) is 24.3 Å². The van der Waals surface area contributed by atoms with Crippen LogP contribution in [0.2, 0.25) is 0 Å². The zero-order valence-electron chi connectivity index (χ0n) is 21.3. The quantitative estimate of drug-likeness (QED) is 0.386. The first-order valence-corrected chi connectivity index (χ1v) is 12.3. The molecular formula is C28H33N7O. The molecule has 0 radical (unpaired) electrons. The van der Waals surface area contributed by atoms with E-state index in [0.29, 0.717) is 11.4 Å². The van der Waals surface area contributed by atoms with Crippen LogP contribution in [0, 0.1) is 0 Å². The summed E-state index contributed by atoms with van der Waals surface area (Å²) in [7, 11) is 2.16. The predicted octanol–water partition coefficient (Wildman–Crippen LogP) is 4.52. The van der Waals surface area contributed by atoms with Crippen molar-refractivity contribution >= 4 is 34.0 Å². The summed E-state index contributed by atoms with van der Waals surface area (Å²) in [6.07, 6.45) is 1.77. The van der Waals surface area contributed by atoms with Crippen LogP contribution in [0.1, 0.15) is 36.7 Å². The largest absolute Gasteiger partial charge is 0.368 e. The lowest BCUT2D eigenvalue weighted by Crippen LogP contribution is -2.44.